The average Bonchev–Trinajstić information content (AvgIpc) is 2.35. The fourth-order valence-electron chi connectivity index (χ4n) is 1.40. The van der Waals surface area contributed by atoms with Crippen LogP contribution in [0.4, 0.5) is 0 Å². The summed E-state index contributed by atoms with van der Waals surface area (Å²) in [7, 11) is 1.64. The van der Waals surface area contributed by atoms with Crippen LogP contribution in [0.1, 0.15) is 5.56 Å². The number of hydrogen-bond acceptors (Lipinski definition) is 4. The van der Waals surface area contributed by atoms with Crippen LogP contribution in [0.3, 0.4) is 0 Å². The Morgan fingerprint density at radius 1 is 1.17 bits per heavy atom. The summed E-state index contributed by atoms with van der Waals surface area (Å²) in [5.41, 5.74) is 0.999. The predicted molar refractivity (Wildman–Crippen MR) is 69.3 cm³/mol. The summed E-state index contributed by atoms with van der Waals surface area (Å²) in [5, 5.41) is 7.67. The Morgan fingerprint density at radius 3 is 2.78 bits per heavy atom. The van der Waals surface area contributed by atoms with Gasteiger partial charge in [0.25, 0.3) is 0 Å². The second kappa shape index (κ2) is 6.00. The molecule has 0 aliphatic carbocycles. The SMILES string of the molecule is COCc1cccc(Oc2cc(Cl)nnc2Cl)c1. The van der Waals surface area contributed by atoms with E-state index in [4.69, 9.17) is 32.7 Å². The summed E-state index contributed by atoms with van der Waals surface area (Å²) in [4.78, 5) is 0. The van der Waals surface area contributed by atoms with Gasteiger partial charge in [0.2, 0.25) is 0 Å². The molecule has 0 aliphatic heterocycles. The van der Waals surface area contributed by atoms with E-state index in [1.807, 2.05) is 24.3 Å². The highest BCUT2D eigenvalue weighted by Gasteiger charge is 2.07. The molecule has 0 amide bonds. The molecule has 2 rings (SSSR count). The molecule has 0 atom stereocenters. The molecule has 18 heavy (non-hydrogen) atoms. The van der Waals surface area contributed by atoms with Crippen LogP contribution in [0.15, 0.2) is 30.3 Å². The number of hydrogen-bond donors (Lipinski definition) is 0. The fraction of sp³-hybridized carbons (Fsp3) is 0.167. The molecule has 4 nitrogen and oxygen atoms in total. The summed E-state index contributed by atoms with van der Waals surface area (Å²) < 4.78 is 10.7. The van der Waals surface area contributed by atoms with Crippen LogP contribution >= 0.6 is 23.2 Å². The van der Waals surface area contributed by atoms with Crippen molar-refractivity contribution in [2.45, 2.75) is 6.61 Å². The van der Waals surface area contributed by atoms with Gasteiger partial charge in [0.1, 0.15) is 5.75 Å². The minimum atomic E-state index is 0.163. The molecular formula is C12H10Cl2N2O2. The molecule has 2 aromatic rings. The van der Waals surface area contributed by atoms with E-state index in [-0.39, 0.29) is 10.3 Å². The van der Waals surface area contributed by atoms with Gasteiger partial charge in [0.15, 0.2) is 16.1 Å². The lowest BCUT2D eigenvalue weighted by molar-refractivity contribution is 0.184. The van der Waals surface area contributed by atoms with E-state index < -0.39 is 0 Å². The molecule has 0 N–H and O–H groups in total. The molecule has 0 spiro atoms. The molecule has 1 aromatic heterocycles. The van der Waals surface area contributed by atoms with Crippen molar-refractivity contribution >= 4 is 23.2 Å². The predicted octanol–water partition coefficient (Wildman–Crippen LogP) is 3.72. The van der Waals surface area contributed by atoms with Gasteiger partial charge in [-0.25, -0.2) is 0 Å². The molecule has 1 heterocycles. The maximum absolute atomic E-state index is 5.87. The van der Waals surface area contributed by atoms with Gasteiger partial charge in [-0.3, -0.25) is 0 Å². The van der Waals surface area contributed by atoms with Crippen LogP contribution in [-0.4, -0.2) is 17.3 Å². The third-order valence-electron chi connectivity index (χ3n) is 2.12. The lowest BCUT2D eigenvalue weighted by Gasteiger charge is -2.08. The first-order chi connectivity index (χ1) is 8.69. The number of aromatic nitrogens is 2. The highest BCUT2D eigenvalue weighted by molar-refractivity contribution is 6.32. The third-order valence-corrected chi connectivity index (χ3v) is 2.57. The van der Waals surface area contributed by atoms with Crippen molar-refractivity contribution < 1.29 is 9.47 Å². The molecule has 0 saturated heterocycles. The largest absolute Gasteiger partial charge is 0.454 e. The molecule has 0 saturated carbocycles. The highest BCUT2D eigenvalue weighted by atomic mass is 35.5. The Hall–Kier alpha value is -1.36. The first kappa shape index (κ1) is 13.1. The van der Waals surface area contributed by atoms with E-state index in [9.17, 15) is 0 Å². The first-order valence-corrected chi connectivity index (χ1v) is 5.89. The molecule has 0 unspecified atom stereocenters. The van der Waals surface area contributed by atoms with E-state index >= 15 is 0 Å². The number of halogens is 2. The minimum absolute atomic E-state index is 0.163. The Labute approximate surface area is 114 Å². The number of ether oxygens (including phenoxy) is 2. The van der Waals surface area contributed by atoms with Crippen molar-refractivity contribution in [1.29, 1.82) is 0 Å². The van der Waals surface area contributed by atoms with Gasteiger partial charge in [-0.15, -0.1) is 10.2 Å². The molecule has 0 fully saturated rings. The number of nitrogens with zero attached hydrogens (tertiary/aromatic N) is 2. The summed E-state index contributed by atoms with van der Waals surface area (Å²) >= 11 is 11.6. The Balaban J connectivity index is 2.22. The van der Waals surface area contributed by atoms with Crippen LogP contribution < -0.4 is 4.74 Å². The zero-order valence-electron chi connectivity index (χ0n) is 9.56. The van der Waals surface area contributed by atoms with E-state index in [2.05, 4.69) is 10.2 Å². The summed E-state index contributed by atoms with van der Waals surface area (Å²) in [6, 6.07) is 8.99. The standard InChI is InChI=1S/C12H10Cl2N2O2/c1-17-7-8-3-2-4-9(5-8)18-10-6-11(13)15-16-12(10)14/h2-6H,7H2,1H3. The Bertz CT molecular complexity index is 549. The summed E-state index contributed by atoms with van der Waals surface area (Å²) in [6.07, 6.45) is 0. The van der Waals surface area contributed by atoms with E-state index in [1.165, 1.54) is 6.07 Å². The molecule has 0 aliphatic rings. The van der Waals surface area contributed by atoms with Gasteiger partial charge in [-0.1, -0.05) is 35.3 Å². The monoisotopic (exact) mass is 284 g/mol. The van der Waals surface area contributed by atoms with Gasteiger partial charge in [-0.05, 0) is 17.7 Å². The molecule has 1 aromatic carbocycles. The lowest BCUT2D eigenvalue weighted by Crippen LogP contribution is -1.92. The Morgan fingerprint density at radius 2 is 2.00 bits per heavy atom. The fourth-order valence-corrected chi connectivity index (χ4v) is 1.67. The molecule has 0 radical (unpaired) electrons. The van der Waals surface area contributed by atoms with Crippen LogP contribution in [0, 0.1) is 0 Å². The maximum atomic E-state index is 5.87. The van der Waals surface area contributed by atoms with Crippen molar-refractivity contribution in [2.75, 3.05) is 7.11 Å². The minimum Gasteiger partial charge on any atom is -0.454 e. The van der Waals surface area contributed by atoms with Crippen LogP contribution in [0.2, 0.25) is 10.3 Å². The zero-order chi connectivity index (χ0) is 13.0. The first-order valence-electron chi connectivity index (χ1n) is 5.13. The van der Waals surface area contributed by atoms with Crippen LogP contribution in [-0.2, 0) is 11.3 Å². The van der Waals surface area contributed by atoms with E-state index in [1.54, 1.807) is 7.11 Å². The number of rotatable bonds is 4. The molecule has 0 bridgehead atoms. The average molecular weight is 285 g/mol. The second-order valence-corrected chi connectivity index (χ2v) is 4.25. The van der Waals surface area contributed by atoms with Gasteiger partial charge >= 0.3 is 0 Å². The lowest BCUT2D eigenvalue weighted by atomic mass is 10.2. The van der Waals surface area contributed by atoms with Crippen LogP contribution in [0.25, 0.3) is 0 Å². The quantitative estimate of drug-likeness (QED) is 0.858. The summed E-state index contributed by atoms with van der Waals surface area (Å²) in [6.45, 7) is 0.514. The van der Waals surface area contributed by atoms with Crippen LogP contribution in [0.5, 0.6) is 11.5 Å². The van der Waals surface area contributed by atoms with Gasteiger partial charge in [0.05, 0.1) is 6.61 Å². The topological polar surface area (TPSA) is 44.2 Å². The third kappa shape index (κ3) is 3.32. The maximum Gasteiger partial charge on any atom is 0.194 e. The van der Waals surface area contributed by atoms with Gasteiger partial charge in [-0.2, -0.15) is 0 Å². The van der Waals surface area contributed by atoms with E-state index in [0.29, 0.717) is 18.1 Å². The van der Waals surface area contributed by atoms with Gasteiger partial charge in [0, 0.05) is 13.2 Å². The van der Waals surface area contributed by atoms with Crippen molar-refractivity contribution in [2.24, 2.45) is 0 Å². The second-order valence-electron chi connectivity index (χ2n) is 3.50. The zero-order valence-corrected chi connectivity index (χ0v) is 11.1. The summed E-state index contributed by atoms with van der Waals surface area (Å²) in [5.74, 6) is 1.00. The van der Waals surface area contributed by atoms with E-state index in [0.717, 1.165) is 5.56 Å². The van der Waals surface area contributed by atoms with Crippen molar-refractivity contribution in [1.82, 2.24) is 10.2 Å². The number of benzene rings is 1. The van der Waals surface area contributed by atoms with Crippen molar-refractivity contribution in [3.63, 3.8) is 0 Å². The molecule has 6 heteroatoms. The number of methoxy groups -OCH3 is 1. The van der Waals surface area contributed by atoms with Crippen molar-refractivity contribution in [3.05, 3.63) is 46.2 Å². The highest BCUT2D eigenvalue weighted by Crippen LogP contribution is 2.29. The normalized spacial score (nSPS) is 10.4. The Kier molecular flexibility index (Phi) is 4.36. The van der Waals surface area contributed by atoms with Crippen molar-refractivity contribution in [3.8, 4) is 11.5 Å². The smallest absolute Gasteiger partial charge is 0.194 e. The molecule has 94 valence electrons. The molecular weight excluding hydrogens is 275 g/mol. The van der Waals surface area contributed by atoms with Gasteiger partial charge < -0.3 is 9.47 Å².